The molecule has 0 fully saturated rings. The van der Waals surface area contributed by atoms with Gasteiger partial charge in [0.25, 0.3) is 11.6 Å². The Balaban J connectivity index is 1.85. The summed E-state index contributed by atoms with van der Waals surface area (Å²) in [5.41, 5.74) is 1.13. The first-order valence-corrected chi connectivity index (χ1v) is 9.15. The summed E-state index contributed by atoms with van der Waals surface area (Å²) in [4.78, 5) is 39.3. The van der Waals surface area contributed by atoms with Gasteiger partial charge in [-0.25, -0.2) is 9.78 Å². The van der Waals surface area contributed by atoms with Crippen LogP contribution in [0.5, 0.6) is 0 Å². The number of aromatic nitrogens is 1. The third kappa shape index (κ3) is 4.38. The van der Waals surface area contributed by atoms with Crippen molar-refractivity contribution in [3.8, 4) is 11.3 Å². The molecule has 142 valence electrons. The molecule has 1 aromatic heterocycles. The number of non-ortho nitro benzene ring substituents is 1. The van der Waals surface area contributed by atoms with Gasteiger partial charge in [-0.3, -0.25) is 20.2 Å². The van der Waals surface area contributed by atoms with Crippen LogP contribution in [0.15, 0.2) is 53.9 Å². The predicted octanol–water partition coefficient (Wildman–Crippen LogP) is 4.15. The largest absolute Gasteiger partial charge is 0.462 e. The van der Waals surface area contributed by atoms with Crippen LogP contribution in [0.2, 0.25) is 0 Å². The van der Waals surface area contributed by atoms with E-state index in [-0.39, 0.29) is 23.4 Å². The van der Waals surface area contributed by atoms with E-state index in [1.54, 1.807) is 12.3 Å². The minimum absolute atomic E-state index is 0.0336. The van der Waals surface area contributed by atoms with Gasteiger partial charge in [-0.1, -0.05) is 30.3 Å². The van der Waals surface area contributed by atoms with Crippen LogP contribution >= 0.6 is 11.3 Å². The molecule has 0 aliphatic carbocycles. The van der Waals surface area contributed by atoms with E-state index in [1.165, 1.54) is 17.4 Å². The van der Waals surface area contributed by atoms with Gasteiger partial charge < -0.3 is 4.74 Å². The van der Waals surface area contributed by atoms with E-state index in [2.05, 4.69) is 10.3 Å². The fourth-order valence-corrected chi connectivity index (χ4v) is 3.14. The number of hydrogen-bond donors (Lipinski definition) is 1. The number of amides is 1. The van der Waals surface area contributed by atoms with E-state index in [4.69, 9.17) is 4.74 Å². The number of carbonyl (C=O) groups is 2. The number of anilines is 1. The van der Waals surface area contributed by atoms with Crippen LogP contribution in [0.3, 0.4) is 0 Å². The second-order valence-electron chi connectivity index (χ2n) is 5.60. The highest BCUT2D eigenvalue weighted by Crippen LogP contribution is 2.25. The number of carbonyl (C=O) groups excluding carboxylic acids is 2. The molecular formula is C19H15N3O5S. The van der Waals surface area contributed by atoms with Gasteiger partial charge in [-0.15, -0.1) is 11.3 Å². The summed E-state index contributed by atoms with van der Waals surface area (Å²) < 4.78 is 4.86. The van der Waals surface area contributed by atoms with Gasteiger partial charge in [0.15, 0.2) is 5.13 Å². The summed E-state index contributed by atoms with van der Waals surface area (Å²) in [6.07, 6.45) is 0. The molecule has 0 aliphatic rings. The lowest BCUT2D eigenvalue weighted by Crippen LogP contribution is -2.14. The Morgan fingerprint density at radius 3 is 2.57 bits per heavy atom. The van der Waals surface area contributed by atoms with Crippen molar-refractivity contribution in [1.29, 1.82) is 0 Å². The SMILES string of the molecule is CCOC(=O)c1cc(C(=O)Nc2nc(-c3ccccc3)cs2)cc([N+](=O)[O-])c1. The molecule has 0 saturated heterocycles. The van der Waals surface area contributed by atoms with Crippen LogP contribution in [0, 0.1) is 10.1 Å². The van der Waals surface area contributed by atoms with Gasteiger partial charge in [0.2, 0.25) is 0 Å². The molecule has 28 heavy (non-hydrogen) atoms. The zero-order valence-corrected chi connectivity index (χ0v) is 15.6. The molecular weight excluding hydrogens is 382 g/mol. The quantitative estimate of drug-likeness (QED) is 0.380. The first kappa shape index (κ1) is 19.2. The second kappa shape index (κ2) is 8.40. The molecule has 9 heteroatoms. The van der Waals surface area contributed by atoms with Gasteiger partial charge in [-0.2, -0.15) is 0 Å². The highest BCUT2D eigenvalue weighted by atomic mass is 32.1. The standard InChI is InChI=1S/C19H15N3O5S/c1-2-27-18(24)14-8-13(9-15(10-14)22(25)26)17(23)21-19-20-16(11-28-19)12-6-4-3-5-7-12/h3-11H,2H2,1H3,(H,20,21,23). The topological polar surface area (TPSA) is 111 Å². The minimum Gasteiger partial charge on any atom is -0.462 e. The van der Waals surface area contributed by atoms with Gasteiger partial charge >= 0.3 is 5.97 Å². The Hall–Kier alpha value is -3.59. The number of ether oxygens (including phenoxy) is 1. The molecule has 0 unspecified atom stereocenters. The first-order valence-electron chi connectivity index (χ1n) is 8.27. The van der Waals surface area contributed by atoms with Gasteiger partial charge in [-0.05, 0) is 13.0 Å². The van der Waals surface area contributed by atoms with Gasteiger partial charge in [0.1, 0.15) is 0 Å². The van der Waals surface area contributed by atoms with Crippen molar-refractivity contribution in [2.75, 3.05) is 11.9 Å². The molecule has 8 nitrogen and oxygen atoms in total. The third-order valence-electron chi connectivity index (χ3n) is 3.70. The van der Waals surface area contributed by atoms with Crippen LogP contribution in [0.25, 0.3) is 11.3 Å². The molecule has 2 aromatic carbocycles. The lowest BCUT2D eigenvalue weighted by atomic mass is 10.1. The van der Waals surface area contributed by atoms with Crippen molar-refractivity contribution >= 4 is 34.0 Å². The van der Waals surface area contributed by atoms with Crippen molar-refractivity contribution in [1.82, 2.24) is 4.98 Å². The molecule has 0 atom stereocenters. The molecule has 0 radical (unpaired) electrons. The monoisotopic (exact) mass is 397 g/mol. The van der Waals surface area contributed by atoms with E-state index in [0.717, 1.165) is 17.7 Å². The maximum absolute atomic E-state index is 12.5. The summed E-state index contributed by atoms with van der Waals surface area (Å²) in [5, 5.41) is 15.9. The molecule has 3 aromatic rings. The smallest absolute Gasteiger partial charge is 0.338 e. The van der Waals surface area contributed by atoms with Gasteiger partial charge in [0, 0.05) is 28.6 Å². The third-order valence-corrected chi connectivity index (χ3v) is 4.45. The second-order valence-corrected chi connectivity index (χ2v) is 6.46. The number of benzene rings is 2. The molecule has 0 saturated carbocycles. The summed E-state index contributed by atoms with van der Waals surface area (Å²) in [6, 6.07) is 12.9. The van der Waals surface area contributed by atoms with Crippen LogP contribution in [-0.2, 0) is 4.74 Å². The zero-order chi connectivity index (χ0) is 20.1. The van der Waals surface area contributed by atoms with Gasteiger partial charge in [0.05, 0.1) is 22.8 Å². The Morgan fingerprint density at radius 1 is 1.18 bits per heavy atom. The maximum atomic E-state index is 12.5. The summed E-state index contributed by atoms with van der Waals surface area (Å²) in [5.74, 6) is -1.34. The highest BCUT2D eigenvalue weighted by molar-refractivity contribution is 7.14. The number of hydrogen-bond acceptors (Lipinski definition) is 7. The number of nitrogens with one attached hydrogen (secondary N) is 1. The molecule has 1 amide bonds. The molecule has 3 rings (SSSR count). The normalized spacial score (nSPS) is 10.3. The summed E-state index contributed by atoms with van der Waals surface area (Å²) in [6.45, 7) is 1.74. The highest BCUT2D eigenvalue weighted by Gasteiger charge is 2.19. The van der Waals surface area contributed by atoms with Crippen molar-refractivity contribution < 1.29 is 19.2 Å². The minimum atomic E-state index is -0.735. The van der Waals surface area contributed by atoms with Crippen molar-refractivity contribution in [2.24, 2.45) is 0 Å². The zero-order valence-electron chi connectivity index (χ0n) is 14.7. The predicted molar refractivity (Wildman–Crippen MR) is 105 cm³/mol. The number of thiazole rings is 1. The van der Waals surface area contributed by atoms with E-state index in [1.807, 2.05) is 30.3 Å². The summed E-state index contributed by atoms with van der Waals surface area (Å²) >= 11 is 1.23. The Kier molecular flexibility index (Phi) is 5.75. The van der Waals surface area contributed by atoms with Crippen molar-refractivity contribution in [3.05, 3.63) is 75.2 Å². The Morgan fingerprint density at radius 2 is 1.89 bits per heavy atom. The number of nitro benzene ring substituents is 1. The maximum Gasteiger partial charge on any atom is 0.338 e. The first-order chi connectivity index (χ1) is 13.5. The number of nitrogens with zero attached hydrogens (tertiary/aromatic N) is 2. The molecule has 0 spiro atoms. The fraction of sp³-hybridized carbons (Fsp3) is 0.105. The molecule has 0 bridgehead atoms. The van der Waals surface area contributed by atoms with Crippen LogP contribution in [-0.4, -0.2) is 28.4 Å². The number of esters is 1. The number of nitro groups is 1. The van der Waals surface area contributed by atoms with Crippen LogP contribution in [0.1, 0.15) is 27.6 Å². The van der Waals surface area contributed by atoms with Crippen molar-refractivity contribution in [3.63, 3.8) is 0 Å². The number of rotatable bonds is 6. The fourth-order valence-electron chi connectivity index (χ4n) is 2.42. The van der Waals surface area contributed by atoms with E-state index < -0.39 is 16.8 Å². The van der Waals surface area contributed by atoms with E-state index in [0.29, 0.717) is 10.8 Å². The molecule has 1 N–H and O–H groups in total. The average Bonchev–Trinajstić information content (AvgIpc) is 3.17. The molecule has 0 aliphatic heterocycles. The van der Waals surface area contributed by atoms with Crippen molar-refractivity contribution in [2.45, 2.75) is 6.92 Å². The lowest BCUT2D eigenvalue weighted by molar-refractivity contribution is -0.384. The molecule has 1 heterocycles. The Labute approximate surface area is 164 Å². The Bertz CT molecular complexity index is 1030. The van der Waals surface area contributed by atoms with E-state index >= 15 is 0 Å². The van der Waals surface area contributed by atoms with Crippen LogP contribution < -0.4 is 5.32 Å². The average molecular weight is 397 g/mol. The summed E-state index contributed by atoms with van der Waals surface area (Å²) in [7, 11) is 0. The lowest BCUT2D eigenvalue weighted by Gasteiger charge is -2.06. The van der Waals surface area contributed by atoms with E-state index in [9.17, 15) is 19.7 Å². The van der Waals surface area contributed by atoms with Crippen LogP contribution in [0.4, 0.5) is 10.8 Å².